The highest BCUT2D eigenvalue weighted by atomic mass is 16.5. The number of nitrogens with zero attached hydrogens (tertiary/aromatic N) is 6. The van der Waals surface area contributed by atoms with Gasteiger partial charge in [-0.15, -0.1) is 0 Å². The Morgan fingerprint density at radius 1 is 1.00 bits per heavy atom. The number of rotatable bonds is 4. The predicted molar refractivity (Wildman–Crippen MR) is 160 cm³/mol. The number of aromatic nitrogens is 3. The van der Waals surface area contributed by atoms with Crippen LogP contribution < -0.4 is 9.64 Å². The van der Waals surface area contributed by atoms with Crippen LogP contribution in [0.2, 0.25) is 0 Å². The fourth-order valence-electron chi connectivity index (χ4n) is 6.80. The summed E-state index contributed by atoms with van der Waals surface area (Å²) in [5.74, 6) is 3.06. The van der Waals surface area contributed by atoms with Gasteiger partial charge in [0.15, 0.2) is 0 Å². The molecule has 0 radical (unpaired) electrons. The van der Waals surface area contributed by atoms with Gasteiger partial charge in [-0.1, -0.05) is 19.9 Å². The lowest BCUT2D eigenvalue weighted by atomic mass is 9.76. The minimum Gasteiger partial charge on any atom is -0.491 e. The van der Waals surface area contributed by atoms with E-state index in [2.05, 4.69) is 61.8 Å². The van der Waals surface area contributed by atoms with Gasteiger partial charge in [-0.25, -0.2) is 9.97 Å². The van der Waals surface area contributed by atoms with Crippen molar-refractivity contribution >= 4 is 17.2 Å². The quantitative estimate of drug-likeness (QED) is 0.392. The largest absolute Gasteiger partial charge is 0.491 e. The molecule has 0 N–H and O–H groups in total. The maximum atomic E-state index is 6.29. The lowest BCUT2D eigenvalue weighted by Gasteiger charge is -2.35. The van der Waals surface area contributed by atoms with Crippen molar-refractivity contribution in [2.75, 3.05) is 31.1 Å². The zero-order valence-electron chi connectivity index (χ0n) is 24.3. The van der Waals surface area contributed by atoms with E-state index in [1.54, 1.807) is 0 Å². The predicted octanol–water partition coefficient (Wildman–Crippen LogP) is 6.26. The van der Waals surface area contributed by atoms with E-state index in [1.807, 2.05) is 6.20 Å². The summed E-state index contributed by atoms with van der Waals surface area (Å²) in [6, 6.07) is 8.95. The second-order valence-electron chi connectivity index (χ2n) is 12.9. The lowest BCUT2D eigenvalue weighted by molar-refractivity contribution is 0.251. The number of hydrogen-bond donors (Lipinski definition) is 0. The van der Waals surface area contributed by atoms with Crippen LogP contribution in [0.3, 0.4) is 0 Å². The molecular formula is C33H40N6O. The van der Waals surface area contributed by atoms with Gasteiger partial charge in [0.1, 0.15) is 24.0 Å². The van der Waals surface area contributed by atoms with Crippen LogP contribution in [0.15, 0.2) is 35.5 Å². The number of likely N-dealkylation sites (tertiary alicyclic amines) is 1. The van der Waals surface area contributed by atoms with E-state index in [0.717, 1.165) is 91.1 Å². The molecule has 1 aliphatic carbocycles. The SMILES string of the molecule is CC1=Nc2cc(-c3ccc4c(c3)CN(c3nc(C(C)N5CCCC5)nc5c3CC(C)(C)CC5)CCO4)cnc2C1. The maximum Gasteiger partial charge on any atom is 0.147 e. The minimum atomic E-state index is 0.238. The van der Waals surface area contributed by atoms with Gasteiger partial charge in [-0.05, 0) is 88.2 Å². The molecule has 1 saturated heterocycles. The van der Waals surface area contributed by atoms with Gasteiger partial charge in [0.25, 0.3) is 0 Å². The molecule has 7 nitrogen and oxygen atoms in total. The first kappa shape index (κ1) is 25.6. The Hall–Kier alpha value is -3.32. The monoisotopic (exact) mass is 536 g/mol. The summed E-state index contributed by atoms with van der Waals surface area (Å²) in [4.78, 5) is 25.0. The van der Waals surface area contributed by atoms with Gasteiger partial charge in [-0.2, -0.15) is 0 Å². The summed E-state index contributed by atoms with van der Waals surface area (Å²) >= 11 is 0. The van der Waals surface area contributed by atoms with Crippen LogP contribution in [0.1, 0.15) is 81.3 Å². The van der Waals surface area contributed by atoms with Crippen LogP contribution >= 0.6 is 0 Å². The van der Waals surface area contributed by atoms with Crippen LogP contribution in [-0.4, -0.2) is 51.8 Å². The van der Waals surface area contributed by atoms with Crippen molar-refractivity contribution in [2.45, 2.75) is 78.8 Å². The zero-order chi connectivity index (χ0) is 27.4. The lowest BCUT2D eigenvalue weighted by Crippen LogP contribution is -2.33. The maximum absolute atomic E-state index is 6.29. The highest BCUT2D eigenvalue weighted by molar-refractivity contribution is 5.92. The van der Waals surface area contributed by atoms with Crippen molar-refractivity contribution in [3.63, 3.8) is 0 Å². The summed E-state index contributed by atoms with van der Waals surface area (Å²) in [5.41, 5.74) is 9.47. The van der Waals surface area contributed by atoms with Crippen molar-refractivity contribution in [1.82, 2.24) is 19.9 Å². The van der Waals surface area contributed by atoms with Gasteiger partial charge in [0.2, 0.25) is 0 Å². The van der Waals surface area contributed by atoms with E-state index in [4.69, 9.17) is 24.7 Å². The average Bonchev–Trinajstić information content (AvgIpc) is 3.55. The highest BCUT2D eigenvalue weighted by Gasteiger charge is 2.33. The number of benzene rings is 1. The Morgan fingerprint density at radius 3 is 2.70 bits per heavy atom. The van der Waals surface area contributed by atoms with E-state index in [0.29, 0.717) is 6.61 Å². The summed E-state index contributed by atoms with van der Waals surface area (Å²) in [7, 11) is 0. The summed E-state index contributed by atoms with van der Waals surface area (Å²) in [6.45, 7) is 13.6. The number of pyridine rings is 1. The Kier molecular flexibility index (Phi) is 6.38. The Bertz CT molecular complexity index is 1490. The van der Waals surface area contributed by atoms with E-state index >= 15 is 0 Å². The third-order valence-electron chi connectivity index (χ3n) is 9.20. The average molecular weight is 537 g/mol. The molecule has 0 saturated carbocycles. The topological polar surface area (TPSA) is 66.7 Å². The number of hydrogen-bond acceptors (Lipinski definition) is 7. The van der Waals surface area contributed by atoms with Gasteiger partial charge in [0.05, 0.1) is 24.0 Å². The molecule has 5 heterocycles. The summed E-state index contributed by atoms with van der Waals surface area (Å²) in [6.07, 6.45) is 8.58. The number of ether oxygens (including phenoxy) is 1. The van der Waals surface area contributed by atoms with Crippen LogP contribution in [0.4, 0.5) is 11.5 Å². The molecule has 0 spiro atoms. The van der Waals surface area contributed by atoms with Crippen molar-refractivity contribution in [1.29, 1.82) is 0 Å². The molecular weight excluding hydrogens is 496 g/mol. The highest BCUT2D eigenvalue weighted by Crippen LogP contribution is 2.40. The molecule has 40 heavy (non-hydrogen) atoms. The van der Waals surface area contributed by atoms with Crippen LogP contribution in [0.25, 0.3) is 11.1 Å². The van der Waals surface area contributed by atoms with Crippen molar-refractivity contribution < 1.29 is 4.74 Å². The molecule has 0 amide bonds. The number of fused-ring (bicyclic) bond motifs is 3. The molecule has 4 aliphatic rings. The first-order valence-corrected chi connectivity index (χ1v) is 15.0. The Labute approximate surface area is 237 Å². The molecule has 0 bridgehead atoms. The third-order valence-corrected chi connectivity index (χ3v) is 9.20. The summed E-state index contributed by atoms with van der Waals surface area (Å²) < 4.78 is 6.29. The van der Waals surface area contributed by atoms with E-state index in [1.165, 1.54) is 36.1 Å². The number of anilines is 1. The van der Waals surface area contributed by atoms with E-state index < -0.39 is 0 Å². The molecule has 1 aromatic carbocycles. The van der Waals surface area contributed by atoms with Gasteiger partial charge < -0.3 is 9.64 Å². The molecule has 3 aliphatic heterocycles. The summed E-state index contributed by atoms with van der Waals surface area (Å²) in [5, 5.41) is 0. The second kappa shape index (κ2) is 9.95. The zero-order valence-corrected chi connectivity index (χ0v) is 24.3. The molecule has 2 aromatic heterocycles. The normalized spacial score (nSPS) is 20.7. The third kappa shape index (κ3) is 4.78. The fourth-order valence-corrected chi connectivity index (χ4v) is 6.80. The van der Waals surface area contributed by atoms with Crippen molar-refractivity contribution in [3.05, 3.63) is 58.8 Å². The van der Waals surface area contributed by atoms with Crippen molar-refractivity contribution in [3.8, 4) is 16.9 Å². The molecule has 1 atom stereocenters. The van der Waals surface area contributed by atoms with E-state index in [9.17, 15) is 0 Å². The Balaban J connectivity index is 1.25. The fraction of sp³-hybridized carbons (Fsp3) is 0.515. The van der Waals surface area contributed by atoms with Crippen LogP contribution in [0, 0.1) is 5.41 Å². The smallest absolute Gasteiger partial charge is 0.147 e. The van der Waals surface area contributed by atoms with Gasteiger partial charge >= 0.3 is 0 Å². The molecule has 1 fully saturated rings. The standard InChI is InChI=1S/C33H40N6O/c1-21-15-28-29(35-21)17-24(19-34-28)23-7-8-30-25(16-23)20-39(13-14-40-30)32-26-18-33(3,4)10-9-27(26)36-31(37-32)22(2)38-11-5-6-12-38/h7-8,16-17,19,22H,5-6,9-15,18,20H2,1-4H3. The Morgan fingerprint density at radius 2 is 1.85 bits per heavy atom. The van der Waals surface area contributed by atoms with E-state index in [-0.39, 0.29) is 11.5 Å². The number of aryl methyl sites for hydroxylation is 1. The first-order valence-electron chi connectivity index (χ1n) is 15.0. The molecule has 7 heteroatoms. The van der Waals surface area contributed by atoms with Gasteiger partial charge in [-0.3, -0.25) is 14.9 Å². The van der Waals surface area contributed by atoms with Crippen molar-refractivity contribution in [2.24, 2.45) is 10.4 Å². The van der Waals surface area contributed by atoms with Gasteiger partial charge in [0, 0.05) is 47.3 Å². The van der Waals surface area contributed by atoms with Crippen LogP contribution in [0.5, 0.6) is 5.75 Å². The molecule has 7 rings (SSSR count). The minimum absolute atomic E-state index is 0.238. The molecule has 3 aromatic rings. The molecule has 208 valence electrons. The number of aliphatic imine (C=N–C) groups is 1. The molecule has 1 unspecified atom stereocenters. The first-order chi connectivity index (χ1) is 19.3. The van der Waals surface area contributed by atoms with Crippen LogP contribution in [-0.2, 0) is 25.8 Å². The second-order valence-corrected chi connectivity index (χ2v) is 12.9.